The lowest BCUT2D eigenvalue weighted by Gasteiger charge is -2.36. The highest BCUT2D eigenvalue weighted by atomic mass is 16.6. The maximum absolute atomic E-state index is 13.2. The highest BCUT2D eigenvalue weighted by Crippen LogP contribution is 2.19. The first-order valence-corrected chi connectivity index (χ1v) is 15.2. The molecular formula is C30H57N5O5. The standard InChI is InChI=1S/C30H57N5O5/c1-9-11-12-27(10-2)13-14-28(38)34(19-15-31(8)25(3)36)24-23-33(26(4)37)20-16-32-17-21-35(22-18-32)29(39)40-30(5,6)7/h27H,9-24H2,1-8H3. The normalized spacial score (nSPS) is 14.9. The van der Waals surface area contributed by atoms with Crippen LogP contribution in [0.2, 0.25) is 0 Å². The molecule has 0 aromatic heterocycles. The highest BCUT2D eigenvalue weighted by molar-refractivity contribution is 5.77. The minimum atomic E-state index is -0.514. The summed E-state index contributed by atoms with van der Waals surface area (Å²) in [4.78, 5) is 59.0. The van der Waals surface area contributed by atoms with E-state index in [0.29, 0.717) is 64.7 Å². The van der Waals surface area contributed by atoms with E-state index >= 15 is 0 Å². The molecule has 0 radical (unpaired) electrons. The van der Waals surface area contributed by atoms with Crippen LogP contribution in [0.1, 0.15) is 87.0 Å². The average Bonchev–Trinajstić information content (AvgIpc) is 2.89. The molecule has 1 aliphatic heterocycles. The number of amides is 4. The third kappa shape index (κ3) is 14.3. The summed E-state index contributed by atoms with van der Waals surface area (Å²) in [6, 6.07) is 0. The third-order valence-electron chi connectivity index (χ3n) is 7.70. The second kappa shape index (κ2) is 18.1. The van der Waals surface area contributed by atoms with Crippen LogP contribution >= 0.6 is 0 Å². The molecule has 1 fully saturated rings. The number of rotatable bonds is 16. The smallest absolute Gasteiger partial charge is 0.410 e. The van der Waals surface area contributed by atoms with Crippen molar-refractivity contribution in [3.8, 4) is 0 Å². The van der Waals surface area contributed by atoms with Crippen molar-refractivity contribution in [3.63, 3.8) is 0 Å². The number of piperazine rings is 1. The molecule has 0 N–H and O–H groups in total. The predicted octanol–water partition coefficient (Wildman–Crippen LogP) is 3.69. The lowest BCUT2D eigenvalue weighted by molar-refractivity contribution is -0.135. The molecule has 0 saturated carbocycles. The van der Waals surface area contributed by atoms with Gasteiger partial charge in [0.1, 0.15) is 5.60 Å². The number of carbonyl (C=O) groups excluding carboxylic acids is 4. The molecule has 1 atom stereocenters. The molecule has 40 heavy (non-hydrogen) atoms. The quantitative estimate of drug-likeness (QED) is 0.282. The fourth-order valence-electron chi connectivity index (χ4n) is 4.73. The van der Waals surface area contributed by atoms with E-state index in [1.165, 1.54) is 13.3 Å². The maximum atomic E-state index is 13.2. The van der Waals surface area contributed by atoms with Gasteiger partial charge in [0.15, 0.2) is 0 Å². The Morgan fingerprint density at radius 1 is 0.825 bits per heavy atom. The first kappa shape index (κ1) is 35.7. The fourth-order valence-corrected chi connectivity index (χ4v) is 4.73. The third-order valence-corrected chi connectivity index (χ3v) is 7.70. The summed E-state index contributed by atoms with van der Waals surface area (Å²) in [5.74, 6) is 0.588. The van der Waals surface area contributed by atoms with Crippen LogP contribution < -0.4 is 0 Å². The molecule has 1 heterocycles. The second-order valence-corrected chi connectivity index (χ2v) is 12.1. The van der Waals surface area contributed by atoms with Gasteiger partial charge < -0.3 is 24.3 Å². The molecule has 0 aromatic carbocycles. The van der Waals surface area contributed by atoms with Gasteiger partial charge in [0, 0.05) is 92.8 Å². The zero-order valence-corrected chi connectivity index (χ0v) is 26.7. The number of hydrogen-bond donors (Lipinski definition) is 0. The van der Waals surface area contributed by atoms with Crippen LogP contribution in [-0.4, -0.2) is 126 Å². The number of likely N-dealkylation sites (N-methyl/N-ethyl adjacent to an activating group) is 1. The van der Waals surface area contributed by atoms with Gasteiger partial charge in [-0.15, -0.1) is 0 Å². The summed E-state index contributed by atoms with van der Waals surface area (Å²) in [6.07, 6.45) is 5.65. The van der Waals surface area contributed by atoms with Crippen LogP contribution in [0.3, 0.4) is 0 Å². The summed E-state index contributed by atoms with van der Waals surface area (Å²) in [6.45, 7) is 18.8. The van der Waals surface area contributed by atoms with Gasteiger partial charge in [-0.3, -0.25) is 19.3 Å². The van der Waals surface area contributed by atoms with Gasteiger partial charge in [-0.2, -0.15) is 0 Å². The summed E-state index contributed by atoms with van der Waals surface area (Å²) in [7, 11) is 1.74. The topological polar surface area (TPSA) is 93.7 Å². The molecule has 0 spiro atoms. The molecule has 0 aliphatic carbocycles. The summed E-state index contributed by atoms with van der Waals surface area (Å²) in [5, 5.41) is 0. The molecule has 10 nitrogen and oxygen atoms in total. The van der Waals surface area contributed by atoms with Gasteiger partial charge in [0.2, 0.25) is 17.7 Å². The molecule has 0 bridgehead atoms. The monoisotopic (exact) mass is 567 g/mol. The second-order valence-electron chi connectivity index (χ2n) is 12.1. The van der Waals surface area contributed by atoms with E-state index in [1.807, 2.05) is 25.7 Å². The zero-order valence-electron chi connectivity index (χ0n) is 26.7. The molecule has 0 aromatic rings. The maximum Gasteiger partial charge on any atom is 0.410 e. The van der Waals surface area contributed by atoms with E-state index in [4.69, 9.17) is 4.74 Å². The average molecular weight is 568 g/mol. The molecular weight excluding hydrogens is 510 g/mol. The summed E-state index contributed by atoms with van der Waals surface area (Å²) >= 11 is 0. The van der Waals surface area contributed by atoms with Gasteiger partial charge in [-0.1, -0.05) is 39.5 Å². The number of unbranched alkanes of at least 4 members (excludes halogenated alkanes) is 1. The summed E-state index contributed by atoms with van der Waals surface area (Å²) < 4.78 is 5.48. The first-order valence-electron chi connectivity index (χ1n) is 15.2. The number of ether oxygens (including phenoxy) is 1. The van der Waals surface area contributed by atoms with Crippen LogP contribution in [0.4, 0.5) is 4.79 Å². The SMILES string of the molecule is CCCCC(CC)CCC(=O)N(CCN(C)C(C)=O)CCN(CCN1CCN(C(=O)OC(C)(C)C)CC1)C(C)=O. The molecule has 1 saturated heterocycles. The van der Waals surface area contributed by atoms with Crippen molar-refractivity contribution in [2.45, 2.75) is 92.6 Å². The molecule has 1 aliphatic rings. The van der Waals surface area contributed by atoms with E-state index in [1.54, 1.807) is 28.7 Å². The van der Waals surface area contributed by atoms with Crippen molar-refractivity contribution >= 4 is 23.8 Å². The Bertz CT molecular complexity index is 792. The molecule has 1 rings (SSSR count). The molecule has 10 heteroatoms. The van der Waals surface area contributed by atoms with Crippen LogP contribution in [0, 0.1) is 5.92 Å². The van der Waals surface area contributed by atoms with Crippen molar-refractivity contribution in [1.82, 2.24) is 24.5 Å². The van der Waals surface area contributed by atoms with Crippen molar-refractivity contribution in [2.24, 2.45) is 5.92 Å². The lowest BCUT2D eigenvalue weighted by atomic mass is 9.94. The van der Waals surface area contributed by atoms with Gasteiger partial charge in [0.25, 0.3) is 0 Å². The van der Waals surface area contributed by atoms with Crippen molar-refractivity contribution in [3.05, 3.63) is 0 Å². The van der Waals surface area contributed by atoms with Crippen LogP contribution in [0.25, 0.3) is 0 Å². The predicted molar refractivity (Wildman–Crippen MR) is 159 cm³/mol. The van der Waals surface area contributed by atoms with E-state index in [9.17, 15) is 19.2 Å². The lowest BCUT2D eigenvalue weighted by Crippen LogP contribution is -2.52. The minimum Gasteiger partial charge on any atom is -0.444 e. The van der Waals surface area contributed by atoms with Crippen LogP contribution in [-0.2, 0) is 19.1 Å². The van der Waals surface area contributed by atoms with E-state index < -0.39 is 5.60 Å². The van der Waals surface area contributed by atoms with Gasteiger partial charge >= 0.3 is 6.09 Å². The van der Waals surface area contributed by atoms with Crippen molar-refractivity contribution in [2.75, 3.05) is 72.5 Å². The molecule has 232 valence electrons. The Balaban J connectivity index is 2.67. The van der Waals surface area contributed by atoms with Crippen LogP contribution in [0.15, 0.2) is 0 Å². The Morgan fingerprint density at radius 2 is 1.43 bits per heavy atom. The zero-order chi connectivity index (χ0) is 30.3. The van der Waals surface area contributed by atoms with Gasteiger partial charge in [0.05, 0.1) is 0 Å². The Morgan fingerprint density at radius 3 is 1.95 bits per heavy atom. The van der Waals surface area contributed by atoms with Crippen molar-refractivity contribution in [1.29, 1.82) is 0 Å². The van der Waals surface area contributed by atoms with E-state index in [-0.39, 0.29) is 23.8 Å². The van der Waals surface area contributed by atoms with E-state index in [2.05, 4.69) is 18.7 Å². The number of carbonyl (C=O) groups is 4. The number of hydrogen-bond acceptors (Lipinski definition) is 6. The Hall–Kier alpha value is -2.36. The minimum absolute atomic E-state index is 0.0220. The van der Waals surface area contributed by atoms with E-state index in [0.717, 1.165) is 38.8 Å². The van der Waals surface area contributed by atoms with Crippen molar-refractivity contribution < 1.29 is 23.9 Å². The Kier molecular flexibility index (Phi) is 16.2. The van der Waals surface area contributed by atoms with Gasteiger partial charge in [-0.05, 0) is 33.1 Å². The first-order chi connectivity index (χ1) is 18.8. The molecule has 4 amide bonds. The van der Waals surface area contributed by atoms with Gasteiger partial charge in [-0.25, -0.2) is 4.79 Å². The highest BCUT2D eigenvalue weighted by Gasteiger charge is 2.26. The largest absolute Gasteiger partial charge is 0.444 e. The Labute approximate surface area is 243 Å². The van der Waals surface area contributed by atoms with Crippen LogP contribution in [0.5, 0.6) is 0 Å². The summed E-state index contributed by atoms with van der Waals surface area (Å²) in [5.41, 5.74) is -0.514. The molecule has 1 unspecified atom stereocenters. The fraction of sp³-hybridized carbons (Fsp3) is 0.867. The number of nitrogens with zero attached hydrogens (tertiary/aromatic N) is 5.